The molecule has 29 heavy (non-hydrogen) atoms. The van der Waals surface area contributed by atoms with E-state index in [-0.39, 0.29) is 17.8 Å². The second-order valence-electron chi connectivity index (χ2n) is 7.20. The van der Waals surface area contributed by atoms with Crippen molar-refractivity contribution in [2.75, 3.05) is 5.73 Å². The molecule has 3 N–H and O–H groups in total. The Balaban J connectivity index is 2.04. The molecule has 148 valence electrons. The summed E-state index contributed by atoms with van der Waals surface area (Å²) in [6.07, 6.45) is 0.812. The molecule has 4 rings (SSSR count). The third kappa shape index (κ3) is 3.29. The van der Waals surface area contributed by atoms with E-state index in [1.807, 2.05) is 63.2 Å². The third-order valence-electron chi connectivity index (χ3n) is 5.13. The van der Waals surface area contributed by atoms with Crippen LogP contribution in [0.1, 0.15) is 36.2 Å². The van der Waals surface area contributed by atoms with Crippen LogP contribution < -0.4 is 11.1 Å². The third-order valence-corrected chi connectivity index (χ3v) is 5.54. The number of aromatic nitrogens is 3. The van der Waals surface area contributed by atoms with Gasteiger partial charge in [0, 0.05) is 11.1 Å². The Hall–Kier alpha value is -3.12. The number of nitrogens with one attached hydrogen (secondary N) is 1. The molecule has 0 saturated heterocycles. The highest BCUT2D eigenvalue weighted by Crippen LogP contribution is 2.32. The van der Waals surface area contributed by atoms with Crippen molar-refractivity contribution in [2.45, 2.75) is 33.2 Å². The summed E-state index contributed by atoms with van der Waals surface area (Å²) in [6.45, 7) is 5.90. The van der Waals surface area contributed by atoms with E-state index in [4.69, 9.17) is 27.3 Å². The van der Waals surface area contributed by atoms with Crippen molar-refractivity contribution in [3.63, 3.8) is 0 Å². The number of anilines is 1. The zero-order valence-electron chi connectivity index (χ0n) is 16.5. The summed E-state index contributed by atoms with van der Waals surface area (Å²) < 4.78 is 1.74. The molecule has 2 aromatic heterocycles. The van der Waals surface area contributed by atoms with E-state index in [0.717, 1.165) is 23.2 Å². The minimum Gasteiger partial charge on any atom is -0.384 e. The van der Waals surface area contributed by atoms with E-state index >= 15 is 0 Å². The molecule has 0 saturated carbocycles. The summed E-state index contributed by atoms with van der Waals surface area (Å²) >= 11 is 6.35. The number of fused-ring (bicyclic) bond motifs is 2. The number of para-hydroxylation sites is 2. The molecule has 1 unspecified atom stereocenters. The van der Waals surface area contributed by atoms with E-state index in [0.29, 0.717) is 27.3 Å². The van der Waals surface area contributed by atoms with Crippen molar-refractivity contribution in [1.82, 2.24) is 19.9 Å². The predicted octanol–water partition coefficient (Wildman–Crippen LogP) is 4.65. The minimum atomic E-state index is -0.261. The Morgan fingerprint density at radius 1 is 1.21 bits per heavy atom. The molecule has 0 aliphatic carbocycles. The van der Waals surface area contributed by atoms with Gasteiger partial charge >= 0.3 is 0 Å². The maximum atomic E-state index is 13.1. The van der Waals surface area contributed by atoms with Crippen LogP contribution >= 0.6 is 11.6 Å². The van der Waals surface area contributed by atoms with Crippen molar-refractivity contribution in [1.29, 1.82) is 0 Å². The number of rotatable bonds is 4. The van der Waals surface area contributed by atoms with Gasteiger partial charge in [-0.2, -0.15) is 0 Å². The standard InChI is InChI=1S/C22H22ClN5O/c1-4-13(3)25-22(29)18-19-21(27-17-8-6-5-7-16(17)26-19)28(20(18)24)14-10-9-12(2)15(23)11-14/h5-11,13H,4,24H2,1-3H3,(H,25,29). The average Bonchev–Trinajstić information content (AvgIpc) is 2.99. The van der Waals surface area contributed by atoms with Gasteiger partial charge in [0.15, 0.2) is 5.65 Å². The maximum Gasteiger partial charge on any atom is 0.257 e. The van der Waals surface area contributed by atoms with Crippen LogP contribution in [0.25, 0.3) is 27.9 Å². The molecule has 6 nitrogen and oxygen atoms in total. The fraction of sp³-hybridized carbons (Fsp3) is 0.227. The first-order valence-corrected chi connectivity index (χ1v) is 9.92. The highest BCUT2D eigenvalue weighted by Gasteiger charge is 2.25. The Bertz CT molecular complexity index is 1250. The smallest absolute Gasteiger partial charge is 0.257 e. The van der Waals surface area contributed by atoms with Crippen LogP contribution in [0.3, 0.4) is 0 Å². The number of nitrogens with two attached hydrogens (primary N) is 1. The van der Waals surface area contributed by atoms with Crippen LogP contribution in [-0.4, -0.2) is 26.5 Å². The van der Waals surface area contributed by atoms with Gasteiger partial charge in [-0.05, 0) is 50.1 Å². The van der Waals surface area contributed by atoms with Crippen molar-refractivity contribution in [3.8, 4) is 5.69 Å². The quantitative estimate of drug-likeness (QED) is 0.515. The SMILES string of the molecule is CCC(C)NC(=O)c1c(N)n(-c2ccc(C)c(Cl)c2)c2nc3ccccc3nc12. The van der Waals surface area contributed by atoms with Gasteiger partial charge in [-0.3, -0.25) is 9.36 Å². The van der Waals surface area contributed by atoms with Gasteiger partial charge in [0.2, 0.25) is 0 Å². The van der Waals surface area contributed by atoms with Gasteiger partial charge in [-0.25, -0.2) is 9.97 Å². The topological polar surface area (TPSA) is 85.8 Å². The molecule has 0 aliphatic heterocycles. The molecule has 2 heterocycles. The van der Waals surface area contributed by atoms with E-state index in [9.17, 15) is 4.79 Å². The molecule has 2 aromatic carbocycles. The average molecular weight is 408 g/mol. The number of amides is 1. The normalized spacial score (nSPS) is 12.4. The van der Waals surface area contributed by atoms with E-state index in [2.05, 4.69) is 5.32 Å². The largest absolute Gasteiger partial charge is 0.384 e. The zero-order valence-corrected chi connectivity index (χ0v) is 17.3. The number of nitrogens with zero attached hydrogens (tertiary/aromatic N) is 3. The highest BCUT2D eigenvalue weighted by atomic mass is 35.5. The van der Waals surface area contributed by atoms with Crippen LogP contribution in [-0.2, 0) is 0 Å². The first kappa shape index (κ1) is 19.2. The fourth-order valence-corrected chi connectivity index (χ4v) is 3.44. The highest BCUT2D eigenvalue weighted by molar-refractivity contribution is 6.31. The molecule has 0 radical (unpaired) electrons. The summed E-state index contributed by atoms with van der Waals surface area (Å²) in [6, 6.07) is 13.2. The van der Waals surface area contributed by atoms with Gasteiger partial charge in [0.1, 0.15) is 16.9 Å². The first-order chi connectivity index (χ1) is 13.9. The molecular formula is C22H22ClN5O. The number of hydrogen-bond donors (Lipinski definition) is 2. The van der Waals surface area contributed by atoms with Gasteiger partial charge in [-0.1, -0.05) is 36.7 Å². The number of hydrogen-bond acceptors (Lipinski definition) is 4. The molecular weight excluding hydrogens is 386 g/mol. The minimum absolute atomic E-state index is 0.0162. The number of aryl methyl sites for hydroxylation is 1. The lowest BCUT2D eigenvalue weighted by atomic mass is 10.2. The Morgan fingerprint density at radius 3 is 2.55 bits per heavy atom. The Morgan fingerprint density at radius 2 is 1.90 bits per heavy atom. The van der Waals surface area contributed by atoms with Crippen molar-refractivity contribution < 1.29 is 4.79 Å². The summed E-state index contributed by atoms with van der Waals surface area (Å²) in [5, 5.41) is 3.60. The maximum absolute atomic E-state index is 13.1. The zero-order chi connectivity index (χ0) is 20.7. The molecule has 0 aliphatic rings. The number of nitrogen functional groups attached to an aromatic ring is 1. The van der Waals surface area contributed by atoms with Crippen LogP contribution in [0.5, 0.6) is 0 Å². The Labute approximate surface area is 173 Å². The van der Waals surface area contributed by atoms with Crippen LogP contribution in [0.15, 0.2) is 42.5 Å². The monoisotopic (exact) mass is 407 g/mol. The predicted molar refractivity (Wildman–Crippen MR) is 118 cm³/mol. The molecule has 7 heteroatoms. The summed E-state index contributed by atoms with van der Waals surface area (Å²) in [5.74, 6) is 0.0272. The van der Waals surface area contributed by atoms with Crippen LogP contribution in [0, 0.1) is 6.92 Å². The van der Waals surface area contributed by atoms with Gasteiger partial charge in [0.05, 0.1) is 16.7 Å². The van der Waals surface area contributed by atoms with Crippen LogP contribution in [0.2, 0.25) is 5.02 Å². The Kier molecular flexibility index (Phi) is 4.88. The van der Waals surface area contributed by atoms with E-state index < -0.39 is 0 Å². The van der Waals surface area contributed by atoms with Crippen molar-refractivity contribution >= 4 is 45.5 Å². The van der Waals surface area contributed by atoms with Gasteiger partial charge in [0.25, 0.3) is 5.91 Å². The lowest BCUT2D eigenvalue weighted by Crippen LogP contribution is -2.32. The number of carbonyl (C=O) groups is 1. The summed E-state index contributed by atoms with van der Waals surface area (Å²) in [4.78, 5) is 22.5. The second-order valence-corrected chi connectivity index (χ2v) is 7.60. The van der Waals surface area contributed by atoms with E-state index in [1.54, 1.807) is 4.57 Å². The van der Waals surface area contributed by atoms with Crippen molar-refractivity contribution in [2.24, 2.45) is 0 Å². The second kappa shape index (κ2) is 7.37. The molecule has 0 bridgehead atoms. The first-order valence-electron chi connectivity index (χ1n) is 9.54. The molecule has 1 atom stereocenters. The fourth-order valence-electron chi connectivity index (χ4n) is 3.27. The van der Waals surface area contributed by atoms with Crippen LogP contribution in [0.4, 0.5) is 5.82 Å². The van der Waals surface area contributed by atoms with Crippen molar-refractivity contribution in [3.05, 3.63) is 58.6 Å². The number of carbonyl (C=O) groups excluding carboxylic acids is 1. The van der Waals surface area contributed by atoms with Gasteiger partial charge in [-0.15, -0.1) is 0 Å². The lowest BCUT2D eigenvalue weighted by Gasteiger charge is -2.12. The van der Waals surface area contributed by atoms with E-state index in [1.165, 1.54) is 0 Å². The summed E-state index contributed by atoms with van der Waals surface area (Å²) in [7, 11) is 0. The number of benzene rings is 2. The molecule has 1 amide bonds. The van der Waals surface area contributed by atoms with Gasteiger partial charge < -0.3 is 11.1 Å². The molecule has 0 spiro atoms. The molecule has 0 fully saturated rings. The summed E-state index contributed by atoms with van der Waals surface area (Å²) in [5.41, 5.74) is 10.9. The molecule has 4 aromatic rings. The number of halogens is 1. The lowest BCUT2D eigenvalue weighted by molar-refractivity contribution is 0.0941.